The Hall–Kier alpha value is -3.65. The lowest BCUT2D eigenvalue weighted by Crippen LogP contribution is -2.55. The van der Waals surface area contributed by atoms with Crippen LogP contribution < -0.4 is 10.6 Å². The van der Waals surface area contributed by atoms with Crippen LogP contribution in [0.25, 0.3) is 10.9 Å². The van der Waals surface area contributed by atoms with Gasteiger partial charge in [0.05, 0.1) is 6.04 Å². The minimum atomic E-state index is -0.550. The van der Waals surface area contributed by atoms with Crippen LogP contribution in [0.3, 0.4) is 0 Å². The number of nitrogens with one attached hydrogen (secondary N) is 3. The van der Waals surface area contributed by atoms with Gasteiger partial charge in [-0.3, -0.25) is 19.8 Å². The van der Waals surface area contributed by atoms with Crippen molar-refractivity contribution >= 4 is 34.4 Å². The lowest BCUT2D eigenvalue weighted by Gasteiger charge is -2.37. The molecule has 2 heterocycles. The van der Waals surface area contributed by atoms with E-state index in [1.54, 1.807) is 11.8 Å². The lowest BCUT2D eigenvalue weighted by molar-refractivity contribution is -0.125. The van der Waals surface area contributed by atoms with Crippen LogP contribution in [-0.2, 0) is 4.79 Å². The molecule has 0 radical (unpaired) electrons. The Morgan fingerprint density at radius 2 is 1.70 bits per heavy atom. The number of anilines is 1. The van der Waals surface area contributed by atoms with Crippen molar-refractivity contribution in [3.63, 3.8) is 0 Å². The molecule has 0 aliphatic carbocycles. The van der Waals surface area contributed by atoms with Gasteiger partial charge in [0, 0.05) is 42.8 Å². The summed E-state index contributed by atoms with van der Waals surface area (Å²) in [5, 5.41) is 6.16. The molecule has 1 aliphatic rings. The number of carbonyl (C=O) groups excluding carboxylic acids is 3. The van der Waals surface area contributed by atoms with Crippen LogP contribution in [0.4, 0.5) is 10.5 Å². The predicted molar refractivity (Wildman–Crippen MR) is 128 cm³/mol. The Morgan fingerprint density at radius 3 is 2.39 bits per heavy atom. The molecule has 8 heteroatoms. The van der Waals surface area contributed by atoms with Crippen molar-refractivity contribution in [1.82, 2.24) is 20.1 Å². The number of aryl methyl sites for hydroxylation is 2. The van der Waals surface area contributed by atoms with Gasteiger partial charge >= 0.3 is 6.03 Å². The molecule has 2 aromatic carbocycles. The van der Waals surface area contributed by atoms with Gasteiger partial charge in [0.1, 0.15) is 5.69 Å². The number of nitrogens with zero attached hydrogens (tertiary/aromatic N) is 2. The van der Waals surface area contributed by atoms with Crippen LogP contribution in [0.5, 0.6) is 0 Å². The number of hydrogen-bond donors (Lipinski definition) is 3. The third-order valence-electron chi connectivity index (χ3n) is 6.16. The van der Waals surface area contributed by atoms with E-state index in [9.17, 15) is 14.4 Å². The van der Waals surface area contributed by atoms with Crippen molar-refractivity contribution in [1.29, 1.82) is 0 Å². The van der Waals surface area contributed by atoms with Gasteiger partial charge in [-0.1, -0.05) is 35.9 Å². The average molecular weight is 448 g/mol. The lowest BCUT2D eigenvalue weighted by atomic mass is 10.1. The zero-order chi connectivity index (χ0) is 23.5. The first kappa shape index (κ1) is 22.5. The second-order valence-corrected chi connectivity index (χ2v) is 8.54. The number of aromatic amines is 1. The van der Waals surface area contributed by atoms with E-state index in [1.807, 2.05) is 67.3 Å². The van der Waals surface area contributed by atoms with Gasteiger partial charge < -0.3 is 15.2 Å². The molecule has 1 aromatic heterocycles. The number of fused-ring (bicyclic) bond motifs is 1. The summed E-state index contributed by atoms with van der Waals surface area (Å²) >= 11 is 0. The molecule has 33 heavy (non-hydrogen) atoms. The fraction of sp³-hybridized carbons (Fsp3) is 0.320. The first-order valence-corrected chi connectivity index (χ1v) is 11.1. The summed E-state index contributed by atoms with van der Waals surface area (Å²) in [5.41, 5.74) is 4.21. The number of para-hydroxylation sites is 1. The molecule has 1 fully saturated rings. The summed E-state index contributed by atoms with van der Waals surface area (Å²) in [6.45, 7) is 7.80. The number of rotatable bonds is 4. The number of imide groups is 1. The molecule has 1 unspecified atom stereocenters. The highest BCUT2D eigenvalue weighted by Gasteiger charge is 2.29. The van der Waals surface area contributed by atoms with E-state index in [0.29, 0.717) is 37.6 Å². The van der Waals surface area contributed by atoms with Crippen LogP contribution in [-0.4, -0.2) is 64.9 Å². The molecular formula is C25H29N5O3. The molecule has 1 atom stereocenters. The molecule has 4 rings (SSSR count). The Labute approximate surface area is 192 Å². The van der Waals surface area contributed by atoms with E-state index < -0.39 is 12.1 Å². The van der Waals surface area contributed by atoms with Crippen molar-refractivity contribution in [3.8, 4) is 0 Å². The molecule has 0 saturated carbocycles. The largest absolute Gasteiger partial charge is 0.351 e. The van der Waals surface area contributed by atoms with Gasteiger partial charge in [0.15, 0.2) is 0 Å². The van der Waals surface area contributed by atoms with Crippen LogP contribution >= 0.6 is 0 Å². The Balaban J connectivity index is 1.29. The fourth-order valence-electron chi connectivity index (χ4n) is 4.16. The number of hydrogen-bond acceptors (Lipinski definition) is 4. The summed E-state index contributed by atoms with van der Waals surface area (Å²) in [6, 6.07) is 14.3. The second kappa shape index (κ2) is 9.46. The Bertz CT molecular complexity index is 1160. The highest BCUT2D eigenvalue weighted by atomic mass is 16.2. The maximum absolute atomic E-state index is 12.9. The fourth-order valence-corrected chi connectivity index (χ4v) is 4.16. The number of amides is 4. The molecular weight excluding hydrogens is 418 g/mol. The van der Waals surface area contributed by atoms with Gasteiger partial charge in [-0.25, -0.2) is 4.79 Å². The van der Waals surface area contributed by atoms with Crippen LogP contribution in [0.1, 0.15) is 28.5 Å². The van der Waals surface area contributed by atoms with Crippen LogP contribution in [0.15, 0.2) is 48.5 Å². The molecule has 0 spiro atoms. The molecule has 3 aromatic rings. The summed E-state index contributed by atoms with van der Waals surface area (Å²) in [4.78, 5) is 44.8. The third-order valence-corrected chi connectivity index (χ3v) is 6.16. The van der Waals surface area contributed by atoms with E-state index in [4.69, 9.17) is 0 Å². The second-order valence-electron chi connectivity index (χ2n) is 8.54. The van der Waals surface area contributed by atoms with E-state index in [1.165, 1.54) is 0 Å². The zero-order valence-electron chi connectivity index (χ0n) is 19.1. The monoisotopic (exact) mass is 447 g/mol. The number of piperazine rings is 1. The Kier molecular flexibility index (Phi) is 6.46. The zero-order valence-corrected chi connectivity index (χ0v) is 19.1. The topological polar surface area (TPSA) is 97.5 Å². The third kappa shape index (κ3) is 5.06. The van der Waals surface area contributed by atoms with E-state index in [2.05, 4.69) is 15.6 Å². The summed E-state index contributed by atoms with van der Waals surface area (Å²) in [5.74, 6) is -0.413. The van der Waals surface area contributed by atoms with Crippen molar-refractivity contribution < 1.29 is 14.4 Å². The molecule has 1 aliphatic heterocycles. The summed E-state index contributed by atoms with van der Waals surface area (Å²) in [6.07, 6.45) is 0. The first-order valence-electron chi connectivity index (χ1n) is 11.1. The number of H-pyrrole nitrogens is 1. The first-order chi connectivity index (χ1) is 15.8. The normalized spacial score (nSPS) is 15.3. The van der Waals surface area contributed by atoms with E-state index >= 15 is 0 Å². The molecule has 1 saturated heterocycles. The number of carbonyl (C=O) groups is 3. The number of aromatic nitrogens is 1. The summed E-state index contributed by atoms with van der Waals surface area (Å²) < 4.78 is 0. The van der Waals surface area contributed by atoms with Crippen molar-refractivity contribution in [2.75, 3.05) is 31.5 Å². The van der Waals surface area contributed by atoms with E-state index in [0.717, 1.165) is 22.0 Å². The van der Waals surface area contributed by atoms with Gasteiger partial charge in [-0.15, -0.1) is 0 Å². The van der Waals surface area contributed by atoms with Crippen molar-refractivity contribution in [2.45, 2.75) is 26.8 Å². The minimum absolute atomic E-state index is 0.0456. The number of benzene rings is 2. The highest BCUT2D eigenvalue weighted by molar-refractivity contribution is 6.03. The number of urea groups is 1. The Morgan fingerprint density at radius 1 is 0.970 bits per heavy atom. The van der Waals surface area contributed by atoms with Gasteiger partial charge in [-0.05, 0) is 44.5 Å². The van der Waals surface area contributed by atoms with Crippen molar-refractivity contribution in [3.05, 3.63) is 65.4 Å². The van der Waals surface area contributed by atoms with Gasteiger partial charge in [-0.2, -0.15) is 0 Å². The standard InChI is InChI=1S/C25H29N5O3/c1-16-8-9-20(17(2)14-16)27-25(33)28-23(31)18(3)29-10-12-30(13-11-29)24(32)22-15-19-6-4-5-7-21(19)26-22/h4-9,14-15,18,26H,10-13H2,1-3H3,(H2,27,28,31,33). The van der Waals surface area contributed by atoms with Gasteiger partial charge in [0.25, 0.3) is 5.91 Å². The molecule has 3 N–H and O–H groups in total. The maximum atomic E-state index is 12.9. The molecule has 172 valence electrons. The van der Waals surface area contributed by atoms with Crippen LogP contribution in [0.2, 0.25) is 0 Å². The predicted octanol–water partition coefficient (Wildman–Crippen LogP) is 3.28. The highest BCUT2D eigenvalue weighted by Crippen LogP contribution is 2.18. The maximum Gasteiger partial charge on any atom is 0.325 e. The quantitative estimate of drug-likeness (QED) is 0.572. The van der Waals surface area contributed by atoms with Crippen molar-refractivity contribution in [2.24, 2.45) is 0 Å². The van der Waals surface area contributed by atoms with Crippen LogP contribution in [0, 0.1) is 13.8 Å². The van der Waals surface area contributed by atoms with E-state index in [-0.39, 0.29) is 11.8 Å². The van der Waals surface area contributed by atoms with Gasteiger partial charge in [0.2, 0.25) is 5.91 Å². The SMILES string of the molecule is Cc1ccc(NC(=O)NC(=O)C(C)N2CCN(C(=O)c3cc4ccccc4[nH]3)CC2)c(C)c1. The smallest absolute Gasteiger partial charge is 0.325 e. The molecule has 0 bridgehead atoms. The average Bonchev–Trinajstić information content (AvgIpc) is 3.24. The summed E-state index contributed by atoms with van der Waals surface area (Å²) in [7, 11) is 0. The molecule has 8 nitrogen and oxygen atoms in total. The molecule has 4 amide bonds. The minimum Gasteiger partial charge on any atom is -0.351 e.